The molecular weight excluding hydrogens is 244 g/mol. The Morgan fingerprint density at radius 1 is 1.22 bits per heavy atom. The van der Waals surface area contributed by atoms with Crippen LogP contribution in [-0.4, -0.2) is 61.7 Å². The second kappa shape index (κ2) is 6.53. The van der Waals surface area contributed by atoms with Gasteiger partial charge in [-0.1, -0.05) is 0 Å². The van der Waals surface area contributed by atoms with Crippen LogP contribution in [0.15, 0.2) is 28.6 Å². The molecule has 0 radical (unpaired) electrons. The van der Waals surface area contributed by atoms with Gasteiger partial charge in [0.05, 0.1) is 12.9 Å². The first kappa shape index (κ1) is 14.7. The first-order valence-electron chi connectivity index (χ1n) is 5.24. The van der Waals surface area contributed by atoms with Gasteiger partial charge in [0.15, 0.2) is 0 Å². The number of furan rings is 1. The lowest BCUT2D eigenvalue weighted by Gasteiger charge is -2.25. The fraction of sp³-hybridized carbons (Fsp3) is 0.455. The van der Waals surface area contributed by atoms with E-state index in [0.717, 1.165) is 6.08 Å². The van der Waals surface area contributed by atoms with Crippen molar-refractivity contribution in [2.75, 3.05) is 6.61 Å². The van der Waals surface area contributed by atoms with Gasteiger partial charge in [0.2, 0.25) is 0 Å². The van der Waals surface area contributed by atoms with Gasteiger partial charge in [-0.2, -0.15) is 0 Å². The lowest BCUT2D eigenvalue weighted by Crippen LogP contribution is -2.46. The second-order valence-electron chi connectivity index (χ2n) is 3.76. The maximum atomic E-state index is 9.54. The van der Waals surface area contributed by atoms with Crippen LogP contribution in [0.5, 0.6) is 0 Å². The molecule has 7 nitrogen and oxygen atoms in total. The van der Waals surface area contributed by atoms with Gasteiger partial charge in [-0.05, 0) is 12.1 Å². The summed E-state index contributed by atoms with van der Waals surface area (Å²) >= 11 is 0. The Morgan fingerprint density at radius 2 is 1.89 bits per heavy atom. The van der Waals surface area contributed by atoms with E-state index >= 15 is 0 Å². The third-order valence-corrected chi connectivity index (χ3v) is 2.39. The number of aliphatic hydroxyl groups is 6. The molecule has 0 saturated heterocycles. The molecule has 4 atom stereocenters. The van der Waals surface area contributed by atoms with Crippen LogP contribution in [0, 0.1) is 0 Å². The summed E-state index contributed by atoms with van der Waals surface area (Å²) in [5.74, 6) is -0.391. The minimum Gasteiger partial charge on any atom is -0.509 e. The van der Waals surface area contributed by atoms with Crippen LogP contribution in [0.4, 0.5) is 0 Å². The van der Waals surface area contributed by atoms with Crippen LogP contribution in [0.25, 0.3) is 6.08 Å². The Bertz CT molecular complexity index is 373. The standard InChI is InChI=1S/C11H16O7/c12-5-8(14)10(16)11(17)9(15)7(13)4-6-2-1-3-18-6/h1-4,8-17H,5H2. The molecule has 0 aromatic carbocycles. The topological polar surface area (TPSA) is 135 Å². The number of hydrogen-bond acceptors (Lipinski definition) is 7. The SMILES string of the molecule is OCC(O)C(O)C(O)C(O)C(O)=Cc1ccco1. The van der Waals surface area contributed by atoms with Gasteiger partial charge in [-0.25, -0.2) is 0 Å². The quantitative estimate of drug-likeness (QED) is 0.347. The van der Waals surface area contributed by atoms with Crippen molar-refractivity contribution in [3.05, 3.63) is 29.9 Å². The van der Waals surface area contributed by atoms with Gasteiger partial charge >= 0.3 is 0 Å². The van der Waals surface area contributed by atoms with Crippen molar-refractivity contribution in [2.24, 2.45) is 0 Å². The van der Waals surface area contributed by atoms with E-state index in [1.807, 2.05) is 0 Å². The van der Waals surface area contributed by atoms with E-state index in [1.165, 1.54) is 12.3 Å². The van der Waals surface area contributed by atoms with Crippen LogP contribution >= 0.6 is 0 Å². The molecule has 1 aromatic heterocycles. The van der Waals surface area contributed by atoms with Crippen molar-refractivity contribution in [1.82, 2.24) is 0 Å². The Labute approximate surface area is 103 Å². The van der Waals surface area contributed by atoms with Crippen LogP contribution in [-0.2, 0) is 0 Å². The predicted octanol–water partition coefficient (Wildman–Crippen LogP) is -1.39. The zero-order valence-electron chi connectivity index (χ0n) is 9.42. The van der Waals surface area contributed by atoms with Crippen molar-refractivity contribution in [3.8, 4) is 0 Å². The van der Waals surface area contributed by atoms with Gasteiger partial charge in [-0.15, -0.1) is 0 Å². The molecule has 1 rings (SSSR count). The molecule has 0 aliphatic carbocycles. The van der Waals surface area contributed by atoms with E-state index in [9.17, 15) is 20.4 Å². The minimum absolute atomic E-state index is 0.246. The maximum absolute atomic E-state index is 9.54. The van der Waals surface area contributed by atoms with Crippen molar-refractivity contribution < 1.29 is 35.1 Å². The molecule has 1 heterocycles. The van der Waals surface area contributed by atoms with Gasteiger partial charge in [-0.3, -0.25) is 0 Å². The monoisotopic (exact) mass is 260 g/mol. The van der Waals surface area contributed by atoms with E-state index < -0.39 is 36.8 Å². The summed E-state index contributed by atoms with van der Waals surface area (Å²) in [5.41, 5.74) is 0. The Kier molecular flexibility index (Phi) is 5.32. The predicted molar refractivity (Wildman–Crippen MR) is 60.4 cm³/mol. The summed E-state index contributed by atoms with van der Waals surface area (Å²) < 4.78 is 4.88. The average molecular weight is 260 g/mol. The van der Waals surface area contributed by atoms with Gasteiger partial charge in [0, 0.05) is 6.08 Å². The summed E-state index contributed by atoms with van der Waals surface area (Å²) in [6, 6.07) is 3.07. The fourth-order valence-electron chi connectivity index (χ4n) is 1.30. The first-order valence-corrected chi connectivity index (χ1v) is 5.24. The summed E-state index contributed by atoms with van der Waals surface area (Å²) in [5, 5.41) is 55.6. The van der Waals surface area contributed by atoms with Gasteiger partial charge in [0.1, 0.15) is 35.9 Å². The Hall–Kier alpha value is -1.38. The summed E-state index contributed by atoms with van der Waals surface area (Å²) in [4.78, 5) is 0. The smallest absolute Gasteiger partial charge is 0.139 e. The highest BCUT2D eigenvalue weighted by Crippen LogP contribution is 2.14. The fourth-order valence-corrected chi connectivity index (χ4v) is 1.30. The average Bonchev–Trinajstić information content (AvgIpc) is 2.87. The van der Waals surface area contributed by atoms with Crippen LogP contribution in [0.2, 0.25) is 0 Å². The Balaban J connectivity index is 2.71. The van der Waals surface area contributed by atoms with Crippen LogP contribution in [0.1, 0.15) is 5.76 Å². The molecule has 0 aliphatic heterocycles. The number of aliphatic hydroxyl groups excluding tert-OH is 6. The van der Waals surface area contributed by atoms with E-state index in [1.54, 1.807) is 6.07 Å². The third kappa shape index (κ3) is 3.56. The summed E-state index contributed by atoms with van der Waals surface area (Å²) in [6.07, 6.45) is -4.66. The molecule has 4 unspecified atom stereocenters. The molecule has 6 N–H and O–H groups in total. The van der Waals surface area contributed by atoms with E-state index in [2.05, 4.69) is 0 Å². The van der Waals surface area contributed by atoms with Crippen molar-refractivity contribution in [3.63, 3.8) is 0 Å². The molecule has 102 valence electrons. The van der Waals surface area contributed by atoms with E-state index in [0.29, 0.717) is 0 Å². The summed E-state index contributed by atoms with van der Waals surface area (Å²) in [7, 11) is 0. The molecule has 7 heteroatoms. The molecule has 0 fully saturated rings. The minimum atomic E-state index is -1.85. The highest BCUT2D eigenvalue weighted by molar-refractivity contribution is 5.45. The molecule has 1 aromatic rings. The highest BCUT2D eigenvalue weighted by atomic mass is 16.4. The number of hydrogen-bond donors (Lipinski definition) is 6. The van der Waals surface area contributed by atoms with Gasteiger partial charge in [0.25, 0.3) is 0 Å². The molecule has 0 bridgehead atoms. The molecule has 18 heavy (non-hydrogen) atoms. The van der Waals surface area contributed by atoms with Crippen molar-refractivity contribution >= 4 is 6.08 Å². The van der Waals surface area contributed by atoms with Crippen molar-refractivity contribution in [1.29, 1.82) is 0 Å². The first-order chi connectivity index (χ1) is 8.47. The lowest BCUT2D eigenvalue weighted by molar-refractivity contribution is -0.112. The van der Waals surface area contributed by atoms with Crippen LogP contribution in [0.3, 0.4) is 0 Å². The largest absolute Gasteiger partial charge is 0.509 e. The Morgan fingerprint density at radius 3 is 2.39 bits per heavy atom. The van der Waals surface area contributed by atoms with E-state index in [-0.39, 0.29) is 5.76 Å². The molecule has 0 aliphatic rings. The zero-order valence-corrected chi connectivity index (χ0v) is 9.42. The summed E-state index contributed by atoms with van der Waals surface area (Å²) in [6.45, 7) is -0.784. The lowest BCUT2D eigenvalue weighted by atomic mass is 10.0. The molecular formula is C11H16O7. The molecule has 0 amide bonds. The maximum Gasteiger partial charge on any atom is 0.139 e. The molecule has 0 spiro atoms. The number of rotatable bonds is 6. The van der Waals surface area contributed by atoms with Crippen LogP contribution < -0.4 is 0 Å². The van der Waals surface area contributed by atoms with Crippen molar-refractivity contribution in [2.45, 2.75) is 24.4 Å². The second-order valence-corrected chi connectivity index (χ2v) is 3.76. The zero-order chi connectivity index (χ0) is 13.7. The van der Waals surface area contributed by atoms with Gasteiger partial charge < -0.3 is 35.1 Å². The normalized spacial score (nSPS) is 19.3. The molecule has 0 saturated carbocycles. The van der Waals surface area contributed by atoms with E-state index in [4.69, 9.17) is 14.6 Å². The highest BCUT2D eigenvalue weighted by Gasteiger charge is 2.32. The third-order valence-electron chi connectivity index (χ3n) is 2.39.